The number of aryl methyl sites for hydroxylation is 1. The minimum atomic E-state index is -0.548. The van der Waals surface area contributed by atoms with Crippen LogP contribution in [0.5, 0.6) is 0 Å². The summed E-state index contributed by atoms with van der Waals surface area (Å²) >= 11 is 0. The molecule has 0 fully saturated rings. The smallest absolute Gasteiger partial charge is 0.123 e. The van der Waals surface area contributed by atoms with Crippen molar-refractivity contribution in [3.8, 4) is 11.3 Å². The molecule has 0 amide bonds. The van der Waals surface area contributed by atoms with Gasteiger partial charge in [0.25, 0.3) is 0 Å². The van der Waals surface area contributed by atoms with E-state index in [0.717, 1.165) is 29.8 Å². The van der Waals surface area contributed by atoms with Crippen LogP contribution in [0.3, 0.4) is 0 Å². The third kappa shape index (κ3) is 1.79. The predicted octanol–water partition coefficient (Wildman–Crippen LogP) is 2.73. The number of pyridine rings is 1. The first-order valence-corrected chi connectivity index (χ1v) is 8.28. The molecule has 0 radical (unpaired) electrons. The first-order chi connectivity index (χ1) is 11.7. The SMILES string of the molecule is Nc1ccc2c(n1)CC[C@@H]([C@H]1c3ccccc3-c3cncn31)[C@H]2O. The Morgan fingerprint density at radius 3 is 2.92 bits per heavy atom. The number of imidazole rings is 1. The molecule has 3 atom stereocenters. The normalized spacial score (nSPS) is 24.3. The Balaban J connectivity index is 1.62. The van der Waals surface area contributed by atoms with Crippen LogP contribution < -0.4 is 5.73 Å². The molecule has 3 aromatic rings. The number of nitrogens with zero attached hydrogens (tertiary/aromatic N) is 3. The highest BCUT2D eigenvalue weighted by atomic mass is 16.3. The minimum Gasteiger partial charge on any atom is -0.388 e. The Hall–Kier alpha value is -2.66. The lowest BCUT2D eigenvalue weighted by Gasteiger charge is -2.34. The largest absolute Gasteiger partial charge is 0.388 e. The fourth-order valence-corrected chi connectivity index (χ4v) is 4.33. The van der Waals surface area contributed by atoms with Crippen LogP contribution in [0.25, 0.3) is 11.3 Å². The second-order valence-electron chi connectivity index (χ2n) is 6.64. The molecular formula is C19H18N4O. The molecule has 2 aromatic heterocycles. The molecule has 5 heteroatoms. The maximum Gasteiger partial charge on any atom is 0.123 e. The summed E-state index contributed by atoms with van der Waals surface area (Å²) in [4.78, 5) is 8.72. The molecule has 2 aliphatic rings. The highest BCUT2D eigenvalue weighted by Crippen LogP contribution is 2.49. The monoisotopic (exact) mass is 318 g/mol. The van der Waals surface area contributed by atoms with Gasteiger partial charge in [0.05, 0.1) is 30.4 Å². The number of aliphatic hydroxyl groups is 1. The quantitative estimate of drug-likeness (QED) is 0.723. The second kappa shape index (κ2) is 4.92. The molecule has 1 aliphatic carbocycles. The molecule has 24 heavy (non-hydrogen) atoms. The molecule has 0 saturated heterocycles. The zero-order valence-electron chi connectivity index (χ0n) is 13.1. The van der Waals surface area contributed by atoms with Gasteiger partial charge in [-0.3, -0.25) is 0 Å². The van der Waals surface area contributed by atoms with Gasteiger partial charge >= 0.3 is 0 Å². The molecule has 5 nitrogen and oxygen atoms in total. The van der Waals surface area contributed by atoms with Crippen molar-refractivity contribution in [2.75, 3.05) is 5.73 Å². The maximum absolute atomic E-state index is 11.0. The molecule has 0 spiro atoms. The summed E-state index contributed by atoms with van der Waals surface area (Å²) in [6.07, 6.45) is 4.95. The number of rotatable bonds is 1. The van der Waals surface area contributed by atoms with Crippen LogP contribution in [-0.2, 0) is 6.42 Å². The number of hydrogen-bond acceptors (Lipinski definition) is 4. The first-order valence-electron chi connectivity index (χ1n) is 8.28. The Labute approximate surface area is 139 Å². The lowest BCUT2D eigenvalue weighted by molar-refractivity contribution is 0.0711. The van der Waals surface area contributed by atoms with Crippen LogP contribution in [0, 0.1) is 5.92 Å². The number of fused-ring (bicyclic) bond motifs is 4. The Kier molecular flexibility index (Phi) is 2.82. The van der Waals surface area contributed by atoms with E-state index >= 15 is 0 Å². The summed E-state index contributed by atoms with van der Waals surface area (Å²) in [5.74, 6) is 0.613. The van der Waals surface area contributed by atoms with Gasteiger partial charge in [0.2, 0.25) is 0 Å². The van der Waals surface area contributed by atoms with E-state index < -0.39 is 6.10 Å². The van der Waals surface area contributed by atoms with Crippen LogP contribution in [0.4, 0.5) is 5.82 Å². The Bertz CT molecular complexity index is 933. The van der Waals surface area contributed by atoms with E-state index in [2.05, 4.69) is 38.8 Å². The predicted molar refractivity (Wildman–Crippen MR) is 91.2 cm³/mol. The summed E-state index contributed by atoms with van der Waals surface area (Å²) in [6, 6.07) is 12.2. The third-order valence-electron chi connectivity index (χ3n) is 5.40. The molecule has 120 valence electrons. The van der Waals surface area contributed by atoms with Crippen molar-refractivity contribution in [3.05, 3.63) is 65.7 Å². The molecular weight excluding hydrogens is 300 g/mol. The van der Waals surface area contributed by atoms with Gasteiger partial charge in [-0.05, 0) is 24.5 Å². The van der Waals surface area contributed by atoms with Gasteiger partial charge in [-0.2, -0.15) is 0 Å². The third-order valence-corrected chi connectivity index (χ3v) is 5.40. The van der Waals surface area contributed by atoms with Gasteiger partial charge in [-0.1, -0.05) is 30.3 Å². The number of nitrogen functional groups attached to an aromatic ring is 1. The fraction of sp³-hybridized carbons (Fsp3) is 0.263. The van der Waals surface area contributed by atoms with E-state index in [4.69, 9.17) is 5.73 Å². The van der Waals surface area contributed by atoms with Crippen molar-refractivity contribution in [1.82, 2.24) is 14.5 Å². The zero-order chi connectivity index (χ0) is 16.3. The van der Waals surface area contributed by atoms with Crippen molar-refractivity contribution >= 4 is 5.82 Å². The lowest BCUT2D eigenvalue weighted by Crippen LogP contribution is -2.29. The minimum absolute atomic E-state index is 0.0968. The maximum atomic E-state index is 11.0. The summed E-state index contributed by atoms with van der Waals surface area (Å²) in [5.41, 5.74) is 11.2. The summed E-state index contributed by atoms with van der Waals surface area (Å²) in [7, 11) is 0. The van der Waals surface area contributed by atoms with Gasteiger partial charge in [0, 0.05) is 22.7 Å². The molecule has 1 aromatic carbocycles. The first kappa shape index (κ1) is 13.7. The van der Waals surface area contributed by atoms with Crippen molar-refractivity contribution in [2.45, 2.75) is 25.0 Å². The number of benzene rings is 1. The van der Waals surface area contributed by atoms with Crippen LogP contribution in [0.1, 0.15) is 35.4 Å². The standard InChI is InChI=1S/C19H18N4O/c20-17-8-6-13-15(22-17)7-5-14(19(13)24)18-12-4-2-1-3-11(12)16-9-21-10-23(16)18/h1-4,6,8-10,14,18-19,24H,5,7H2,(H2,20,22)/t14-,18+,19-/m0/s1. The number of hydrogen-bond donors (Lipinski definition) is 2. The number of aliphatic hydroxyl groups excluding tert-OH is 1. The molecule has 3 heterocycles. The van der Waals surface area contributed by atoms with E-state index in [1.165, 1.54) is 11.1 Å². The highest BCUT2D eigenvalue weighted by Gasteiger charge is 2.40. The van der Waals surface area contributed by atoms with E-state index in [-0.39, 0.29) is 12.0 Å². The molecule has 1 aliphatic heterocycles. The molecule has 0 unspecified atom stereocenters. The average molecular weight is 318 g/mol. The van der Waals surface area contributed by atoms with Crippen LogP contribution in [0.2, 0.25) is 0 Å². The Morgan fingerprint density at radius 2 is 2.00 bits per heavy atom. The Morgan fingerprint density at radius 1 is 1.12 bits per heavy atom. The van der Waals surface area contributed by atoms with Crippen LogP contribution >= 0.6 is 0 Å². The number of anilines is 1. The fourth-order valence-electron chi connectivity index (χ4n) is 4.33. The topological polar surface area (TPSA) is 77.0 Å². The molecule has 3 N–H and O–H groups in total. The second-order valence-corrected chi connectivity index (χ2v) is 6.64. The summed E-state index contributed by atoms with van der Waals surface area (Å²) in [6.45, 7) is 0. The van der Waals surface area contributed by atoms with Gasteiger partial charge in [0.1, 0.15) is 5.82 Å². The van der Waals surface area contributed by atoms with Gasteiger partial charge in [-0.15, -0.1) is 0 Å². The van der Waals surface area contributed by atoms with Crippen molar-refractivity contribution in [2.24, 2.45) is 5.92 Å². The van der Waals surface area contributed by atoms with Crippen LogP contribution in [0.15, 0.2) is 48.9 Å². The van der Waals surface area contributed by atoms with E-state index in [0.29, 0.717) is 5.82 Å². The average Bonchev–Trinajstić information content (AvgIpc) is 3.16. The zero-order valence-corrected chi connectivity index (χ0v) is 13.1. The highest BCUT2D eigenvalue weighted by molar-refractivity contribution is 5.69. The van der Waals surface area contributed by atoms with E-state index in [1.807, 2.05) is 18.6 Å². The summed E-state index contributed by atoms with van der Waals surface area (Å²) in [5, 5.41) is 11.0. The van der Waals surface area contributed by atoms with E-state index in [9.17, 15) is 5.11 Å². The molecule has 5 rings (SSSR count). The number of aromatic nitrogens is 3. The number of nitrogens with two attached hydrogens (primary N) is 1. The van der Waals surface area contributed by atoms with E-state index in [1.54, 1.807) is 6.07 Å². The van der Waals surface area contributed by atoms with Crippen LogP contribution in [-0.4, -0.2) is 19.6 Å². The summed E-state index contributed by atoms with van der Waals surface area (Å²) < 4.78 is 2.20. The van der Waals surface area contributed by atoms with Crippen molar-refractivity contribution < 1.29 is 5.11 Å². The van der Waals surface area contributed by atoms with Gasteiger partial charge in [0.15, 0.2) is 0 Å². The van der Waals surface area contributed by atoms with Gasteiger partial charge in [-0.25, -0.2) is 9.97 Å². The molecule has 0 saturated carbocycles. The van der Waals surface area contributed by atoms with Crippen molar-refractivity contribution in [1.29, 1.82) is 0 Å². The molecule has 0 bridgehead atoms. The van der Waals surface area contributed by atoms with Gasteiger partial charge < -0.3 is 15.4 Å². The van der Waals surface area contributed by atoms with Crippen molar-refractivity contribution in [3.63, 3.8) is 0 Å². The lowest BCUT2D eigenvalue weighted by atomic mass is 9.77.